The average molecular weight is 749 g/mol. The van der Waals surface area contributed by atoms with Gasteiger partial charge in [-0.3, -0.25) is 15.0 Å². The normalized spacial score (nSPS) is 20.0. The number of isocyanates is 1. The molecule has 2 unspecified atom stereocenters. The van der Waals surface area contributed by atoms with Crippen LogP contribution in [0.15, 0.2) is 41.4 Å². The number of hydrogen-bond acceptors (Lipinski definition) is 9. The van der Waals surface area contributed by atoms with Gasteiger partial charge >= 0.3 is 6.03 Å². The molecule has 2 heterocycles. The fourth-order valence-electron chi connectivity index (χ4n) is 8.84. The highest BCUT2D eigenvalue weighted by molar-refractivity contribution is 5.72. The Balaban J connectivity index is 0.000000221. The van der Waals surface area contributed by atoms with Gasteiger partial charge in [0.15, 0.2) is 0 Å². The summed E-state index contributed by atoms with van der Waals surface area (Å²) in [6.45, 7) is 13.2. The highest BCUT2D eigenvalue weighted by Crippen LogP contribution is 2.31. The van der Waals surface area contributed by atoms with Gasteiger partial charge in [-0.25, -0.2) is 20.1 Å². The molecule has 2 saturated heterocycles. The largest absolute Gasteiger partial charge is 0.497 e. The average Bonchev–Trinajstić information content (AvgIpc) is 3.23. The molecule has 6 rings (SSSR count). The van der Waals surface area contributed by atoms with Gasteiger partial charge in [-0.15, -0.1) is 0 Å². The van der Waals surface area contributed by atoms with Crippen molar-refractivity contribution >= 4 is 12.1 Å². The summed E-state index contributed by atoms with van der Waals surface area (Å²) in [4.78, 5) is 30.5. The van der Waals surface area contributed by atoms with Crippen molar-refractivity contribution in [1.82, 2.24) is 25.5 Å². The number of methoxy groups -OCH3 is 2. The fraction of sp³-hybridized carbons (Fsp3) is 0.674. The summed E-state index contributed by atoms with van der Waals surface area (Å²) in [5.41, 5.74) is 7.68. The van der Waals surface area contributed by atoms with Crippen LogP contribution in [-0.4, -0.2) is 118 Å². The third kappa shape index (κ3) is 13.1. The van der Waals surface area contributed by atoms with Crippen molar-refractivity contribution in [2.45, 2.75) is 103 Å². The predicted octanol–water partition coefficient (Wildman–Crippen LogP) is 6.29. The van der Waals surface area contributed by atoms with Gasteiger partial charge in [-0.1, -0.05) is 26.0 Å². The molecule has 2 aliphatic carbocycles. The molecule has 54 heavy (non-hydrogen) atoms. The Morgan fingerprint density at radius 3 is 1.69 bits per heavy atom. The second-order valence-electron chi connectivity index (χ2n) is 15.4. The molecule has 0 spiro atoms. The van der Waals surface area contributed by atoms with Crippen LogP contribution in [-0.2, 0) is 30.5 Å². The highest BCUT2D eigenvalue weighted by atomic mass is 16.5. The number of likely N-dealkylation sites (tertiary alicyclic amines) is 1. The van der Waals surface area contributed by atoms with Gasteiger partial charge in [-0.2, -0.15) is 0 Å². The number of aryl methyl sites for hydroxylation is 2. The summed E-state index contributed by atoms with van der Waals surface area (Å²) in [6.07, 6.45) is 15.6. The van der Waals surface area contributed by atoms with Gasteiger partial charge in [0.05, 0.1) is 14.2 Å². The number of rotatable bonds is 12. The maximum absolute atomic E-state index is 11.6. The molecule has 11 nitrogen and oxygen atoms in total. The molecule has 0 bridgehead atoms. The van der Waals surface area contributed by atoms with Crippen molar-refractivity contribution in [1.29, 1.82) is 0 Å². The lowest BCUT2D eigenvalue weighted by Crippen LogP contribution is -2.47. The maximum Gasteiger partial charge on any atom is 0.341 e. The third-order valence-corrected chi connectivity index (χ3v) is 11.8. The van der Waals surface area contributed by atoms with Crippen molar-refractivity contribution < 1.29 is 24.3 Å². The van der Waals surface area contributed by atoms with E-state index in [2.05, 4.69) is 70.4 Å². The number of hydrogen-bond donors (Lipinski definition) is 3. The van der Waals surface area contributed by atoms with E-state index >= 15 is 0 Å². The molecular weight excluding hydrogens is 681 g/mol. The van der Waals surface area contributed by atoms with Crippen molar-refractivity contribution in [3.8, 4) is 11.5 Å². The maximum atomic E-state index is 11.6. The van der Waals surface area contributed by atoms with Gasteiger partial charge < -0.3 is 19.7 Å². The highest BCUT2D eigenvalue weighted by Gasteiger charge is 2.30. The monoisotopic (exact) mass is 749 g/mol. The van der Waals surface area contributed by atoms with Crippen LogP contribution < -0.4 is 20.3 Å². The summed E-state index contributed by atoms with van der Waals surface area (Å²) >= 11 is 0. The van der Waals surface area contributed by atoms with E-state index in [9.17, 15) is 4.79 Å². The minimum absolute atomic E-state index is 0.378. The molecule has 2 aromatic carbocycles. The first-order valence-corrected chi connectivity index (χ1v) is 20.5. The Morgan fingerprint density at radius 2 is 1.28 bits per heavy atom. The van der Waals surface area contributed by atoms with Crippen molar-refractivity contribution in [2.75, 3.05) is 73.6 Å². The number of piperidine rings is 2. The van der Waals surface area contributed by atoms with E-state index in [-0.39, 0.29) is 6.03 Å². The summed E-state index contributed by atoms with van der Waals surface area (Å²) in [7, 11) is 4.88. The van der Waals surface area contributed by atoms with E-state index in [0.717, 1.165) is 75.7 Å². The number of ether oxygens (including phenoxy) is 2. The lowest BCUT2D eigenvalue weighted by molar-refractivity contribution is 0.0965. The number of carbonyl (C=O) groups excluding carboxylic acids is 2. The van der Waals surface area contributed by atoms with E-state index in [1.54, 1.807) is 24.6 Å². The number of hydroxylamine groups is 1. The Bertz CT molecular complexity index is 1450. The SMILES string of the molecule is CCCN(CC1CCN(C(=O)NO)CC1)C1CCc2ccc(OC)cc2C1.CCCN(CC1CCNCC1)C1CCc2ccc(OC)cc2C1.CN=C=O. The zero-order chi connectivity index (χ0) is 38.7. The number of nitrogens with zero attached hydrogens (tertiary/aromatic N) is 4. The third-order valence-electron chi connectivity index (χ3n) is 11.8. The van der Waals surface area contributed by atoms with Gasteiger partial charge in [0.1, 0.15) is 11.5 Å². The molecule has 2 fully saturated rings. The number of benzene rings is 2. The molecule has 2 atom stereocenters. The minimum Gasteiger partial charge on any atom is -0.497 e. The van der Waals surface area contributed by atoms with Crippen molar-refractivity contribution in [3.63, 3.8) is 0 Å². The lowest BCUT2D eigenvalue weighted by atomic mass is 9.86. The number of aliphatic imine (C=N–C) groups is 1. The Morgan fingerprint density at radius 1 is 0.815 bits per heavy atom. The molecule has 2 aliphatic heterocycles. The number of nitrogens with one attached hydrogen (secondary N) is 2. The second kappa shape index (κ2) is 23.4. The standard InChI is InChI=1S/C21H33N3O3.C20H32N2O.C2H3NO/c1-3-10-24(15-16-8-11-23(12-9-16)21(25)22-26)19-6-4-17-5-7-20(27-2)14-18(17)13-19;1-3-12-22(15-16-8-10-21-11-9-16)19-6-4-17-5-7-20(23-2)14-18(17)13-19;1-3-2-4/h5,7,14,16,19,26H,3-4,6,8-13,15H2,1-2H3,(H,22,25);5,7,14,16,19,21H,3-4,6,8-13,15H2,1-2H3;1H3. The number of amides is 2. The van der Waals surface area contributed by atoms with E-state index in [1.165, 1.54) is 107 Å². The molecule has 0 saturated carbocycles. The van der Waals surface area contributed by atoms with Crippen LogP contribution in [0.1, 0.15) is 87.5 Å². The van der Waals surface area contributed by atoms with E-state index in [1.807, 2.05) is 0 Å². The number of fused-ring (bicyclic) bond motifs is 2. The van der Waals surface area contributed by atoms with Crippen LogP contribution in [0, 0.1) is 11.8 Å². The summed E-state index contributed by atoms with van der Waals surface area (Å²) in [6, 6.07) is 14.0. The predicted molar refractivity (Wildman–Crippen MR) is 216 cm³/mol. The van der Waals surface area contributed by atoms with E-state index in [4.69, 9.17) is 19.5 Å². The van der Waals surface area contributed by atoms with Crippen molar-refractivity contribution in [3.05, 3.63) is 58.7 Å². The van der Waals surface area contributed by atoms with Crippen LogP contribution >= 0.6 is 0 Å². The van der Waals surface area contributed by atoms with E-state index < -0.39 is 0 Å². The van der Waals surface area contributed by atoms with Crippen LogP contribution in [0.5, 0.6) is 11.5 Å². The van der Waals surface area contributed by atoms with Crippen LogP contribution in [0.2, 0.25) is 0 Å². The second-order valence-corrected chi connectivity index (χ2v) is 15.4. The summed E-state index contributed by atoms with van der Waals surface area (Å²) in [5.74, 6) is 3.45. The zero-order valence-corrected chi connectivity index (χ0v) is 33.8. The number of carbonyl (C=O) groups is 1. The molecule has 0 aromatic heterocycles. The smallest absolute Gasteiger partial charge is 0.341 e. The molecule has 2 aromatic rings. The van der Waals surface area contributed by atoms with Gasteiger partial charge in [0.2, 0.25) is 6.08 Å². The molecule has 0 radical (unpaired) electrons. The molecule has 3 N–H and O–H groups in total. The van der Waals surface area contributed by atoms with Gasteiger partial charge in [-0.05, 0) is 162 Å². The lowest BCUT2D eigenvalue weighted by Gasteiger charge is -2.39. The molecular formula is C43H68N6O5. The van der Waals surface area contributed by atoms with Crippen LogP contribution in [0.3, 0.4) is 0 Å². The van der Waals surface area contributed by atoms with E-state index in [0.29, 0.717) is 18.0 Å². The van der Waals surface area contributed by atoms with Gasteiger partial charge in [0, 0.05) is 45.3 Å². The zero-order valence-electron chi connectivity index (χ0n) is 33.8. The fourth-order valence-corrected chi connectivity index (χ4v) is 8.84. The quantitative estimate of drug-likeness (QED) is 0.100. The van der Waals surface area contributed by atoms with Crippen molar-refractivity contribution in [2.24, 2.45) is 16.8 Å². The van der Waals surface area contributed by atoms with Gasteiger partial charge in [0.25, 0.3) is 0 Å². The molecule has 11 heteroatoms. The Hall–Kier alpha value is -3.47. The topological polar surface area (TPSA) is 119 Å². The molecule has 2 amide bonds. The summed E-state index contributed by atoms with van der Waals surface area (Å²) in [5, 5.41) is 12.3. The van der Waals surface area contributed by atoms with Crippen LogP contribution in [0.4, 0.5) is 4.79 Å². The van der Waals surface area contributed by atoms with Crippen LogP contribution in [0.25, 0.3) is 0 Å². The first-order valence-electron chi connectivity index (χ1n) is 20.5. The first kappa shape index (κ1) is 43.3. The minimum atomic E-state index is -0.378. The Labute approximate surface area is 324 Å². The number of urea groups is 1. The first-order chi connectivity index (χ1) is 26.3. The Kier molecular flexibility index (Phi) is 18.8. The summed E-state index contributed by atoms with van der Waals surface area (Å²) < 4.78 is 10.8. The molecule has 300 valence electrons. The molecule has 4 aliphatic rings.